The van der Waals surface area contributed by atoms with Crippen LogP contribution in [-0.4, -0.2) is 51.3 Å². The summed E-state index contributed by atoms with van der Waals surface area (Å²) in [4.78, 5) is 22.1. The van der Waals surface area contributed by atoms with Crippen molar-refractivity contribution >= 4 is 23.3 Å². The van der Waals surface area contributed by atoms with Crippen LogP contribution in [-0.2, 0) is 4.79 Å². The number of hydrogen-bond donors (Lipinski definition) is 2. The molecule has 0 radical (unpaired) electrons. The third-order valence-corrected chi connectivity index (χ3v) is 3.99. The Labute approximate surface area is 158 Å². The summed E-state index contributed by atoms with van der Waals surface area (Å²) >= 11 is 0. The average Bonchev–Trinajstić information content (AvgIpc) is 2.58. The molecule has 0 spiro atoms. The van der Waals surface area contributed by atoms with Crippen LogP contribution in [0.5, 0.6) is 0 Å². The van der Waals surface area contributed by atoms with E-state index in [2.05, 4.69) is 15.0 Å². The average molecular weight is 433 g/mol. The molecule has 0 amide bonds. The monoisotopic (exact) mass is 433 g/mol. The van der Waals surface area contributed by atoms with Gasteiger partial charge < -0.3 is 10.6 Å². The Bertz CT molecular complexity index is 767. The molecule has 0 saturated carbocycles. The highest BCUT2D eigenvalue weighted by atomic mass is 19.4. The van der Waals surface area contributed by atoms with E-state index in [0.717, 1.165) is 0 Å². The largest absolute Gasteiger partial charge is 0.408 e. The van der Waals surface area contributed by atoms with Gasteiger partial charge in [-0.1, -0.05) is 0 Å². The zero-order chi connectivity index (χ0) is 22.1. The van der Waals surface area contributed by atoms with E-state index >= 15 is 0 Å². The van der Waals surface area contributed by atoms with Crippen LogP contribution in [0, 0.1) is 0 Å². The second kappa shape index (κ2) is 8.06. The maximum Gasteiger partial charge on any atom is 0.408 e. The molecule has 1 aromatic heterocycles. The summed E-state index contributed by atoms with van der Waals surface area (Å²) in [5.74, 6) is -5.31. The predicted octanol–water partition coefficient (Wildman–Crippen LogP) is 3.98. The third-order valence-electron chi connectivity index (χ3n) is 3.99. The number of anilines is 2. The van der Waals surface area contributed by atoms with Gasteiger partial charge in [-0.3, -0.25) is 4.79 Å². The van der Waals surface area contributed by atoms with Crippen molar-refractivity contribution in [1.29, 1.82) is 0 Å². The molecule has 0 aliphatic heterocycles. The van der Waals surface area contributed by atoms with Gasteiger partial charge >= 0.3 is 12.4 Å². The molecule has 14 heteroatoms. The fourth-order valence-corrected chi connectivity index (χ4v) is 2.20. The molecule has 0 fully saturated rings. The Morgan fingerprint density at radius 2 is 1.38 bits per heavy atom. The Hall–Kier alpha value is -2.54. The number of nitrogens with one attached hydrogen (secondary N) is 2. The molecule has 1 aromatic rings. The number of aromatic nitrogens is 3. The van der Waals surface area contributed by atoms with E-state index < -0.39 is 71.9 Å². The summed E-state index contributed by atoms with van der Waals surface area (Å²) in [6.07, 6.45) is -12.4. The Balaban J connectivity index is 2.48. The van der Waals surface area contributed by atoms with Crippen molar-refractivity contribution in [2.75, 3.05) is 10.6 Å². The first-order valence-corrected chi connectivity index (χ1v) is 8.20. The van der Waals surface area contributed by atoms with Crippen LogP contribution in [0.3, 0.4) is 0 Å². The molecule has 2 rings (SSSR count). The van der Waals surface area contributed by atoms with Gasteiger partial charge in [-0.15, -0.1) is 0 Å². The number of carbonyl (C=O) groups excluding carboxylic acids is 1. The van der Waals surface area contributed by atoms with E-state index in [-0.39, 0.29) is 6.42 Å². The van der Waals surface area contributed by atoms with Crippen LogP contribution in [0.4, 0.5) is 47.0 Å². The zero-order valence-corrected chi connectivity index (χ0v) is 14.9. The number of rotatable bonds is 5. The number of ketones is 1. The first-order valence-electron chi connectivity index (χ1n) is 8.20. The molecule has 0 aromatic carbocycles. The number of halogens is 8. The summed E-state index contributed by atoms with van der Waals surface area (Å²) in [5, 5.41) is 3.67. The minimum Gasteiger partial charge on any atom is -0.343 e. The van der Waals surface area contributed by atoms with E-state index in [4.69, 9.17) is 0 Å². The molecule has 1 heterocycles. The smallest absolute Gasteiger partial charge is 0.343 e. The van der Waals surface area contributed by atoms with Crippen molar-refractivity contribution in [3.63, 3.8) is 0 Å². The quantitative estimate of drug-likeness (QED) is 0.684. The highest BCUT2D eigenvalue weighted by Gasteiger charge is 2.39. The Morgan fingerprint density at radius 3 is 1.79 bits per heavy atom. The van der Waals surface area contributed by atoms with Gasteiger partial charge in [0.1, 0.15) is 12.1 Å². The van der Waals surface area contributed by atoms with Gasteiger partial charge in [0, 0.05) is 5.57 Å². The fraction of sp³-hybridized carbons (Fsp3) is 0.600. The number of carbonyl (C=O) groups is 1. The molecule has 2 N–H and O–H groups in total. The normalized spacial score (nSPS) is 20.5. The fourth-order valence-electron chi connectivity index (χ4n) is 2.20. The van der Waals surface area contributed by atoms with Crippen molar-refractivity contribution < 1.29 is 39.9 Å². The van der Waals surface area contributed by atoms with Gasteiger partial charge in [-0.25, -0.2) is 8.78 Å². The molecule has 0 bridgehead atoms. The highest BCUT2D eigenvalue weighted by molar-refractivity contribution is 6.04. The van der Waals surface area contributed by atoms with Gasteiger partial charge in [0.15, 0.2) is 17.8 Å². The lowest BCUT2D eigenvalue weighted by molar-refractivity contribution is -0.139. The van der Waals surface area contributed by atoms with Crippen LogP contribution in [0.25, 0.3) is 5.57 Å². The van der Waals surface area contributed by atoms with E-state index in [1.807, 2.05) is 10.6 Å². The Morgan fingerprint density at radius 1 is 0.931 bits per heavy atom. The summed E-state index contributed by atoms with van der Waals surface area (Å²) in [6, 6.07) is -4.40. The lowest BCUT2D eigenvalue weighted by atomic mass is 9.95. The number of allylic oxidation sites excluding steroid dienone is 2. The van der Waals surface area contributed by atoms with Crippen LogP contribution in [0.15, 0.2) is 5.83 Å². The maximum absolute atomic E-state index is 14.1. The SMILES string of the molecule is CC(Nc1nc(NC(C)C(F)(F)F)nc(C2=C(F)C(=O)C(F)CC2)n1)C(F)(F)F. The topological polar surface area (TPSA) is 79.8 Å². The molecule has 29 heavy (non-hydrogen) atoms. The van der Waals surface area contributed by atoms with Crippen LogP contribution < -0.4 is 10.6 Å². The molecule has 162 valence electrons. The van der Waals surface area contributed by atoms with E-state index in [1.165, 1.54) is 0 Å². The van der Waals surface area contributed by atoms with E-state index in [9.17, 15) is 39.9 Å². The van der Waals surface area contributed by atoms with Crippen LogP contribution in [0.2, 0.25) is 0 Å². The van der Waals surface area contributed by atoms with Crippen molar-refractivity contribution in [2.24, 2.45) is 0 Å². The Kier molecular flexibility index (Phi) is 6.33. The molecular formula is C15H15F8N5O. The van der Waals surface area contributed by atoms with Crippen LogP contribution >= 0.6 is 0 Å². The minimum atomic E-state index is -4.74. The summed E-state index contributed by atoms with van der Waals surface area (Å²) in [5.41, 5.74) is -0.531. The molecule has 3 atom stereocenters. The number of nitrogens with zero attached hydrogens (tertiary/aromatic N) is 3. The third kappa shape index (κ3) is 5.50. The summed E-state index contributed by atoms with van der Waals surface area (Å²) in [6.45, 7) is 1.40. The molecule has 1 aliphatic rings. The predicted molar refractivity (Wildman–Crippen MR) is 85.3 cm³/mol. The van der Waals surface area contributed by atoms with Crippen molar-refractivity contribution in [3.8, 4) is 0 Å². The van der Waals surface area contributed by atoms with Crippen molar-refractivity contribution in [3.05, 3.63) is 11.7 Å². The van der Waals surface area contributed by atoms with Gasteiger partial charge in [-0.2, -0.15) is 41.3 Å². The molecule has 0 saturated heterocycles. The second-order valence-electron chi connectivity index (χ2n) is 6.28. The molecule has 1 aliphatic carbocycles. The lowest BCUT2D eigenvalue weighted by Gasteiger charge is -2.21. The zero-order valence-electron chi connectivity index (χ0n) is 14.9. The molecule has 3 unspecified atom stereocenters. The molecular weight excluding hydrogens is 418 g/mol. The number of alkyl halides is 7. The first-order chi connectivity index (χ1) is 13.2. The van der Waals surface area contributed by atoms with Gasteiger partial charge in [0.05, 0.1) is 0 Å². The maximum atomic E-state index is 14.1. The van der Waals surface area contributed by atoms with Gasteiger partial charge in [0.2, 0.25) is 17.7 Å². The summed E-state index contributed by atoms with van der Waals surface area (Å²) < 4.78 is 104. The first kappa shape index (κ1) is 22.7. The van der Waals surface area contributed by atoms with Gasteiger partial charge in [-0.05, 0) is 26.7 Å². The van der Waals surface area contributed by atoms with Crippen molar-refractivity contribution in [1.82, 2.24) is 15.0 Å². The standard InChI is InChI=1S/C15H15F8N5O/c1-5(14(18,19)20)24-12-26-11(7-3-4-8(16)10(29)9(7)17)27-13(28-12)25-6(2)15(21,22)23/h5-6,8H,3-4H2,1-2H3,(H2,24,25,26,27,28). The van der Waals surface area contributed by atoms with Gasteiger partial charge in [0.25, 0.3) is 0 Å². The second-order valence-corrected chi connectivity index (χ2v) is 6.28. The van der Waals surface area contributed by atoms with Crippen LogP contribution in [0.1, 0.15) is 32.5 Å². The lowest BCUT2D eigenvalue weighted by Crippen LogP contribution is -2.35. The van der Waals surface area contributed by atoms with E-state index in [0.29, 0.717) is 13.8 Å². The molecule has 6 nitrogen and oxygen atoms in total. The van der Waals surface area contributed by atoms with E-state index in [1.54, 1.807) is 0 Å². The highest BCUT2D eigenvalue weighted by Crippen LogP contribution is 2.32. The number of Topliss-reactive ketones (excluding diaryl/α,β-unsaturated/α-hetero) is 1. The number of hydrogen-bond acceptors (Lipinski definition) is 6. The minimum absolute atomic E-state index is 0.384. The van der Waals surface area contributed by atoms with Crippen molar-refractivity contribution in [2.45, 2.75) is 57.3 Å². The summed E-state index contributed by atoms with van der Waals surface area (Å²) in [7, 11) is 0.